The maximum Gasteiger partial charge on any atom is 0.335 e. The Hall–Kier alpha value is -0.570. The first kappa shape index (κ1) is 8.53. The minimum absolute atomic E-state index is 0.167. The maximum atomic E-state index is 11.0. The third-order valence-electron chi connectivity index (χ3n) is 2.02. The lowest BCUT2D eigenvalue weighted by atomic mass is 9.96. The number of esters is 1. The van der Waals surface area contributed by atoms with Crippen LogP contribution >= 0.6 is 0 Å². The van der Waals surface area contributed by atoms with Crippen molar-refractivity contribution in [2.45, 2.75) is 38.4 Å². The Labute approximate surface area is 66.7 Å². The van der Waals surface area contributed by atoms with Crippen LogP contribution in [0.15, 0.2) is 0 Å². The Balaban J connectivity index is 2.19. The highest BCUT2D eigenvalue weighted by Crippen LogP contribution is 2.22. The summed E-state index contributed by atoms with van der Waals surface area (Å²) in [4.78, 5) is 11.0. The number of methoxy groups -OCH3 is 1. The zero-order chi connectivity index (χ0) is 8.27. The van der Waals surface area contributed by atoms with E-state index in [-0.39, 0.29) is 12.1 Å². The van der Waals surface area contributed by atoms with E-state index in [4.69, 9.17) is 9.47 Å². The van der Waals surface area contributed by atoms with Crippen molar-refractivity contribution in [3.05, 3.63) is 0 Å². The van der Waals surface area contributed by atoms with Gasteiger partial charge in [-0.3, -0.25) is 0 Å². The molecule has 1 aliphatic carbocycles. The van der Waals surface area contributed by atoms with Crippen molar-refractivity contribution in [1.82, 2.24) is 0 Å². The van der Waals surface area contributed by atoms with Gasteiger partial charge in [0.05, 0.1) is 0 Å². The lowest BCUT2D eigenvalue weighted by molar-refractivity contribution is -0.163. The predicted octanol–water partition coefficient (Wildman–Crippen LogP) is 1.12. The van der Waals surface area contributed by atoms with E-state index in [1.54, 1.807) is 6.92 Å². The SMILES string of the molecule is COC(C)C(=O)OC1CCC1. The van der Waals surface area contributed by atoms with Crippen molar-refractivity contribution in [1.29, 1.82) is 0 Å². The monoisotopic (exact) mass is 158 g/mol. The van der Waals surface area contributed by atoms with Crippen molar-refractivity contribution in [3.63, 3.8) is 0 Å². The second-order valence-electron chi connectivity index (χ2n) is 2.87. The molecule has 0 saturated heterocycles. The minimum atomic E-state index is -0.421. The fourth-order valence-corrected chi connectivity index (χ4v) is 0.845. The lowest BCUT2D eigenvalue weighted by Crippen LogP contribution is -2.31. The van der Waals surface area contributed by atoms with Gasteiger partial charge >= 0.3 is 5.97 Å². The second-order valence-corrected chi connectivity index (χ2v) is 2.87. The van der Waals surface area contributed by atoms with Crippen LogP contribution in [0.5, 0.6) is 0 Å². The fraction of sp³-hybridized carbons (Fsp3) is 0.875. The van der Waals surface area contributed by atoms with Gasteiger partial charge in [0.25, 0.3) is 0 Å². The molecule has 3 nitrogen and oxygen atoms in total. The molecule has 1 aliphatic rings. The molecule has 1 rings (SSSR count). The molecule has 3 heteroatoms. The topological polar surface area (TPSA) is 35.5 Å². The van der Waals surface area contributed by atoms with Crippen molar-refractivity contribution in [2.24, 2.45) is 0 Å². The summed E-state index contributed by atoms with van der Waals surface area (Å²) >= 11 is 0. The lowest BCUT2D eigenvalue weighted by Gasteiger charge is -2.26. The van der Waals surface area contributed by atoms with Gasteiger partial charge in [0.15, 0.2) is 6.10 Å². The molecule has 1 fully saturated rings. The third-order valence-corrected chi connectivity index (χ3v) is 2.02. The number of rotatable bonds is 3. The standard InChI is InChI=1S/C8H14O3/c1-6(10-2)8(9)11-7-4-3-5-7/h6-7H,3-5H2,1-2H3. The average molecular weight is 158 g/mol. The van der Waals surface area contributed by atoms with Crippen molar-refractivity contribution < 1.29 is 14.3 Å². The molecule has 1 unspecified atom stereocenters. The van der Waals surface area contributed by atoms with Crippen LogP contribution in [0.25, 0.3) is 0 Å². The van der Waals surface area contributed by atoms with E-state index in [9.17, 15) is 4.79 Å². The number of carbonyl (C=O) groups is 1. The molecule has 1 atom stereocenters. The highest BCUT2D eigenvalue weighted by Gasteiger charge is 2.24. The van der Waals surface area contributed by atoms with Gasteiger partial charge in [0.1, 0.15) is 6.10 Å². The fourth-order valence-electron chi connectivity index (χ4n) is 0.845. The van der Waals surface area contributed by atoms with Crippen LogP contribution < -0.4 is 0 Å². The summed E-state index contributed by atoms with van der Waals surface area (Å²) in [6, 6.07) is 0. The molecular formula is C8H14O3. The van der Waals surface area contributed by atoms with Gasteiger partial charge in [-0.05, 0) is 26.2 Å². The molecule has 0 aromatic carbocycles. The molecule has 11 heavy (non-hydrogen) atoms. The van der Waals surface area contributed by atoms with E-state index >= 15 is 0 Å². The largest absolute Gasteiger partial charge is 0.460 e. The smallest absolute Gasteiger partial charge is 0.335 e. The molecule has 64 valence electrons. The summed E-state index contributed by atoms with van der Waals surface area (Å²) in [5, 5.41) is 0. The Bertz CT molecular complexity index is 140. The quantitative estimate of drug-likeness (QED) is 0.577. The van der Waals surface area contributed by atoms with Crippen LogP contribution in [-0.4, -0.2) is 25.3 Å². The van der Waals surface area contributed by atoms with Crippen LogP contribution in [0.3, 0.4) is 0 Å². The molecule has 0 bridgehead atoms. The molecule has 0 radical (unpaired) electrons. The Morgan fingerprint density at radius 2 is 2.18 bits per heavy atom. The summed E-state index contributed by atoms with van der Waals surface area (Å²) in [5.41, 5.74) is 0. The maximum absolute atomic E-state index is 11.0. The van der Waals surface area contributed by atoms with Gasteiger partial charge in [-0.25, -0.2) is 4.79 Å². The highest BCUT2D eigenvalue weighted by molar-refractivity contribution is 5.74. The average Bonchev–Trinajstić information content (AvgIpc) is 1.94. The molecule has 0 aromatic heterocycles. The summed E-state index contributed by atoms with van der Waals surface area (Å²) < 4.78 is 9.88. The van der Waals surface area contributed by atoms with Crippen LogP contribution in [0, 0.1) is 0 Å². The summed E-state index contributed by atoms with van der Waals surface area (Å²) in [6.07, 6.45) is 2.96. The van der Waals surface area contributed by atoms with E-state index in [0.29, 0.717) is 0 Å². The van der Waals surface area contributed by atoms with E-state index in [2.05, 4.69) is 0 Å². The first-order valence-electron chi connectivity index (χ1n) is 3.97. The van der Waals surface area contributed by atoms with Gasteiger partial charge in [0.2, 0.25) is 0 Å². The molecule has 0 aromatic rings. The molecule has 0 heterocycles. The Morgan fingerprint density at radius 1 is 1.55 bits per heavy atom. The highest BCUT2D eigenvalue weighted by atomic mass is 16.6. The number of hydrogen-bond donors (Lipinski definition) is 0. The zero-order valence-corrected chi connectivity index (χ0v) is 7.00. The van der Waals surface area contributed by atoms with E-state index < -0.39 is 6.10 Å². The summed E-state index contributed by atoms with van der Waals surface area (Å²) in [7, 11) is 1.51. The van der Waals surface area contributed by atoms with E-state index in [0.717, 1.165) is 12.8 Å². The van der Waals surface area contributed by atoms with Gasteiger partial charge in [-0.2, -0.15) is 0 Å². The van der Waals surface area contributed by atoms with E-state index in [1.165, 1.54) is 13.5 Å². The second kappa shape index (κ2) is 3.72. The molecule has 1 saturated carbocycles. The number of hydrogen-bond acceptors (Lipinski definition) is 3. The van der Waals surface area contributed by atoms with Gasteiger partial charge in [-0.1, -0.05) is 0 Å². The summed E-state index contributed by atoms with van der Waals surface area (Å²) in [5.74, 6) is -0.239. The molecule has 0 amide bonds. The number of ether oxygens (including phenoxy) is 2. The molecule has 0 spiro atoms. The first-order valence-corrected chi connectivity index (χ1v) is 3.97. The normalized spacial score (nSPS) is 20.5. The molecular weight excluding hydrogens is 144 g/mol. The van der Waals surface area contributed by atoms with E-state index in [1.807, 2.05) is 0 Å². The molecule has 0 N–H and O–H groups in total. The Kier molecular flexibility index (Phi) is 2.88. The van der Waals surface area contributed by atoms with Crippen LogP contribution in [0.2, 0.25) is 0 Å². The van der Waals surface area contributed by atoms with Gasteiger partial charge < -0.3 is 9.47 Å². The first-order chi connectivity index (χ1) is 5.24. The van der Waals surface area contributed by atoms with Crippen molar-refractivity contribution in [3.8, 4) is 0 Å². The zero-order valence-electron chi connectivity index (χ0n) is 7.00. The van der Waals surface area contributed by atoms with Crippen LogP contribution in [0.4, 0.5) is 0 Å². The molecule has 0 aliphatic heterocycles. The number of carbonyl (C=O) groups excluding carboxylic acids is 1. The Morgan fingerprint density at radius 3 is 2.55 bits per heavy atom. The van der Waals surface area contributed by atoms with Crippen LogP contribution in [-0.2, 0) is 14.3 Å². The minimum Gasteiger partial charge on any atom is -0.460 e. The van der Waals surface area contributed by atoms with Crippen molar-refractivity contribution in [2.75, 3.05) is 7.11 Å². The summed E-state index contributed by atoms with van der Waals surface area (Å²) in [6.45, 7) is 1.70. The van der Waals surface area contributed by atoms with Gasteiger partial charge in [-0.15, -0.1) is 0 Å². The predicted molar refractivity (Wildman–Crippen MR) is 40.2 cm³/mol. The third kappa shape index (κ3) is 2.19. The van der Waals surface area contributed by atoms with Gasteiger partial charge in [0, 0.05) is 7.11 Å². The van der Waals surface area contributed by atoms with Crippen molar-refractivity contribution >= 4 is 5.97 Å². The van der Waals surface area contributed by atoms with Crippen LogP contribution in [0.1, 0.15) is 26.2 Å².